The van der Waals surface area contributed by atoms with E-state index in [4.69, 9.17) is 16.3 Å². The van der Waals surface area contributed by atoms with Gasteiger partial charge in [0, 0.05) is 17.1 Å². The number of carbonyl (C=O) groups excluding carboxylic acids is 2. The van der Waals surface area contributed by atoms with E-state index in [0.717, 1.165) is 16.1 Å². The second-order valence-corrected chi connectivity index (χ2v) is 7.74. The summed E-state index contributed by atoms with van der Waals surface area (Å²) in [6, 6.07) is 16.7. The summed E-state index contributed by atoms with van der Waals surface area (Å²) in [6.45, 7) is 3.62. The van der Waals surface area contributed by atoms with Crippen molar-refractivity contribution in [1.82, 2.24) is 10.3 Å². The lowest BCUT2D eigenvalue weighted by molar-refractivity contribution is -0.129. The highest BCUT2D eigenvalue weighted by Gasteiger charge is 2.24. The van der Waals surface area contributed by atoms with Gasteiger partial charge in [0.15, 0.2) is 6.10 Å². The quantitative estimate of drug-likeness (QED) is 0.597. The molecule has 0 bridgehead atoms. The number of carbonyl (C=O) groups is 2. The molecular weight excluding hydrogens is 396 g/mol. The summed E-state index contributed by atoms with van der Waals surface area (Å²) in [6.07, 6.45) is -0.944. The fraction of sp³-hybridized carbons (Fsp3) is 0.190. The molecule has 3 aromatic rings. The van der Waals surface area contributed by atoms with Crippen LogP contribution in [0, 0.1) is 6.92 Å². The van der Waals surface area contributed by atoms with Crippen LogP contribution in [0.25, 0.3) is 11.3 Å². The fourth-order valence-electron chi connectivity index (χ4n) is 2.59. The lowest BCUT2D eigenvalue weighted by Gasteiger charge is -2.14. The lowest BCUT2D eigenvalue weighted by atomic mass is 10.1. The number of hydrogen-bond donors (Lipinski definition) is 1. The number of aryl methyl sites for hydroxylation is 1. The van der Waals surface area contributed by atoms with Gasteiger partial charge in [-0.15, -0.1) is 11.3 Å². The summed E-state index contributed by atoms with van der Waals surface area (Å²) < 4.78 is 5.38. The number of esters is 1. The Balaban J connectivity index is 1.66. The van der Waals surface area contributed by atoms with Gasteiger partial charge in [-0.2, -0.15) is 0 Å². The standard InChI is InChI=1S/C21H19ClN2O3S/c1-13(20(25)23-12-16-10-6-7-11-17(16)22)27-21(26)19-18(24-14(2)28-19)15-8-4-3-5-9-15/h3-11,13H,12H2,1-2H3,(H,23,25)/t13-/m0/s1. The molecule has 0 saturated heterocycles. The molecule has 0 aliphatic carbocycles. The monoisotopic (exact) mass is 414 g/mol. The number of amides is 1. The highest BCUT2D eigenvalue weighted by atomic mass is 35.5. The third kappa shape index (κ3) is 4.77. The smallest absolute Gasteiger partial charge is 0.351 e. The Morgan fingerprint density at radius 3 is 2.54 bits per heavy atom. The summed E-state index contributed by atoms with van der Waals surface area (Å²) in [7, 11) is 0. The van der Waals surface area contributed by atoms with E-state index in [1.807, 2.05) is 55.5 Å². The first-order valence-electron chi connectivity index (χ1n) is 8.70. The van der Waals surface area contributed by atoms with Crippen molar-refractivity contribution in [2.24, 2.45) is 0 Å². The van der Waals surface area contributed by atoms with Crippen LogP contribution in [0.2, 0.25) is 5.02 Å². The zero-order chi connectivity index (χ0) is 20.1. The van der Waals surface area contributed by atoms with Crippen LogP contribution in [0.15, 0.2) is 54.6 Å². The van der Waals surface area contributed by atoms with Crippen molar-refractivity contribution in [2.45, 2.75) is 26.5 Å². The van der Waals surface area contributed by atoms with Gasteiger partial charge in [0.25, 0.3) is 5.91 Å². The first-order valence-corrected chi connectivity index (χ1v) is 9.90. The first kappa shape index (κ1) is 20.0. The predicted octanol–water partition coefficient (Wildman–Crippen LogP) is 4.63. The minimum atomic E-state index is -0.944. The van der Waals surface area contributed by atoms with E-state index in [2.05, 4.69) is 10.3 Å². The van der Waals surface area contributed by atoms with Gasteiger partial charge in [0.2, 0.25) is 0 Å². The molecule has 0 aliphatic heterocycles. The van der Waals surface area contributed by atoms with Gasteiger partial charge < -0.3 is 10.1 Å². The number of thiazole rings is 1. The van der Waals surface area contributed by atoms with Crippen LogP contribution in [0.5, 0.6) is 0 Å². The molecule has 1 heterocycles. The maximum absolute atomic E-state index is 12.6. The van der Waals surface area contributed by atoms with Crippen LogP contribution in [0.4, 0.5) is 0 Å². The molecule has 1 aromatic heterocycles. The van der Waals surface area contributed by atoms with Gasteiger partial charge in [-0.3, -0.25) is 4.79 Å². The molecule has 3 rings (SSSR count). The number of benzene rings is 2. The van der Waals surface area contributed by atoms with Gasteiger partial charge in [-0.05, 0) is 25.5 Å². The summed E-state index contributed by atoms with van der Waals surface area (Å²) >= 11 is 7.34. The lowest BCUT2D eigenvalue weighted by Crippen LogP contribution is -2.35. The van der Waals surface area contributed by atoms with E-state index in [1.54, 1.807) is 6.07 Å². The number of halogens is 1. The second-order valence-electron chi connectivity index (χ2n) is 6.13. The third-order valence-corrected chi connectivity index (χ3v) is 5.35. The molecule has 0 spiro atoms. The predicted molar refractivity (Wildman–Crippen MR) is 110 cm³/mol. The summed E-state index contributed by atoms with van der Waals surface area (Å²) in [5.41, 5.74) is 2.19. The van der Waals surface area contributed by atoms with Crippen LogP contribution < -0.4 is 5.32 Å². The first-order chi connectivity index (χ1) is 13.5. The minimum Gasteiger partial charge on any atom is -0.448 e. The number of nitrogens with zero attached hydrogens (tertiary/aromatic N) is 1. The number of nitrogens with one attached hydrogen (secondary N) is 1. The molecule has 0 saturated carbocycles. The van der Waals surface area contributed by atoms with Crippen molar-refractivity contribution in [3.05, 3.63) is 75.1 Å². The molecular formula is C21H19ClN2O3S. The number of ether oxygens (including phenoxy) is 1. The molecule has 0 unspecified atom stereocenters. The molecule has 144 valence electrons. The van der Waals surface area contributed by atoms with Gasteiger partial charge in [-0.25, -0.2) is 9.78 Å². The summed E-state index contributed by atoms with van der Waals surface area (Å²) in [5.74, 6) is -0.958. The van der Waals surface area contributed by atoms with Crippen molar-refractivity contribution >= 4 is 34.8 Å². The van der Waals surface area contributed by atoms with Crippen molar-refractivity contribution in [3.63, 3.8) is 0 Å². The van der Waals surface area contributed by atoms with Crippen LogP contribution in [-0.2, 0) is 16.1 Å². The van der Waals surface area contributed by atoms with Crippen molar-refractivity contribution in [1.29, 1.82) is 0 Å². The Hall–Kier alpha value is -2.70. The van der Waals surface area contributed by atoms with Crippen molar-refractivity contribution < 1.29 is 14.3 Å². The second kappa shape index (κ2) is 8.99. The Morgan fingerprint density at radius 2 is 1.82 bits per heavy atom. The average molecular weight is 415 g/mol. The Bertz CT molecular complexity index is 988. The molecule has 7 heteroatoms. The average Bonchev–Trinajstić information content (AvgIpc) is 3.09. The van der Waals surface area contributed by atoms with E-state index in [9.17, 15) is 9.59 Å². The largest absolute Gasteiger partial charge is 0.448 e. The van der Waals surface area contributed by atoms with Gasteiger partial charge >= 0.3 is 5.97 Å². The van der Waals surface area contributed by atoms with Crippen LogP contribution in [-0.4, -0.2) is 23.0 Å². The summed E-state index contributed by atoms with van der Waals surface area (Å²) in [5, 5.41) is 4.06. The van der Waals surface area contributed by atoms with Gasteiger partial charge in [-0.1, -0.05) is 60.1 Å². The molecule has 1 atom stereocenters. The number of aromatic nitrogens is 1. The molecule has 1 amide bonds. The molecule has 2 aromatic carbocycles. The molecule has 0 aliphatic rings. The van der Waals surface area contributed by atoms with Crippen molar-refractivity contribution in [3.8, 4) is 11.3 Å². The van der Waals surface area contributed by atoms with Crippen molar-refractivity contribution in [2.75, 3.05) is 0 Å². The molecule has 0 radical (unpaired) electrons. The summed E-state index contributed by atoms with van der Waals surface area (Å²) in [4.78, 5) is 29.8. The van der Waals surface area contributed by atoms with Crippen LogP contribution in [0.1, 0.15) is 27.2 Å². The Labute approximate surface area is 172 Å². The molecule has 0 fully saturated rings. The van der Waals surface area contributed by atoms with E-state index in [-0.39, 0.29) is 6.54 Å². The molecule has 28 heavy (non-hydrogen) atoms. The van der Waals surface area contributed by atoms with Crippen LogP contribution in [0.3, 0.4) is 0 Å². The maximum Gasteiger partial charge on any atom is 0.351 e. The van der Waals surface area contributed by atoms with E-state index in [0.29, 0.717) is 15.6 Å². The highest BCUT2D eigenvalue weighted by molar-refractivity contribution is 7.14. The Morgan fingerprint density at radius 1 is 1.14 bits per heavy atom. The fourth-order valence-corrected chi connectivity index (χ4v) is 3.62. The minimum absolute atomic E-state index is 0.259. The highest BCUT2D eigenvalue weighted by Crippen LogP contribution is 2.28. The zero-order valence-electron chi connectivity index (χ0n) is 15.4. The number of hydrogen-bond acceptors (Lipinski definition) is 5. The normalized spacial score (nSPS) is 11.7. The van der Waals surface area contributed by atoms with Gasteiger partial charge in [0.05, 0.1) is 10.7 Å². The topological polar surface area (TPSA) is 68.3 Å². The van der Waals surface area contributed by atoms with E-state index >= 15 is 0 Å². The third-order valence-electron chi connectivity index (χ3n) is 4.03. The van der Waals surface area contributed by atoms with E-state index in [1.165, 1.54) is 18.3 Å². The maximum atomic E-state index is 12.6. The SMILES string of the molecule is Cc1nc(-c2ccccc2)c(C(=O)O[C@@H](C)C(=O)NCc2ccccc2Cl)s1. The zero-order valence-corrected chi connectivity index (χ0v) is 17.0. The number of rotatable bonds is 6. The van der Waals surface area contributed by atoms with E-state index < -0.39 is 18.0 Å². The Kier molecular flexibility index (Phi) is 6.44. The van der Waals surface area contributed by atoms with Gasteiger partial charge in [0.1, 0.15) is 4.88 Å². The molecule has 5 nitrogen and oxygen atoms in total. The molecule has 1 N–H and O–H groups in total. The van der Waals surface area contributed by atoms with Crippen LogP contribution >= 0.6 is 22.9 Å².